The van der Waals surface area contributed by atoms with Crippen molar-refractivity contribution in [1.29, 1.82) is 0 Å². The Balaban J connectivity index is 1.54. The van der Waals surface area contributed by atoms with E-state index >= 15 is 0 Å². The summed E-state index contributed by atoms with van der Waals surface area (Å²) in [5.41, 5.74) is 1.54. The summed E-state index contributed by atoms with van der Waals surface area (Å²) in [4.78, 5) is 2.74. The van der Waals surface area contributed by atoms with Crippen LogP contribution in [0.4, 0.5) is 22.0 Å². The normalized spacial score (nSPS) is 11.9. The summed E-state index contributed by atoms with van der Waals surface area (Å²) in [6.45, 7) is -0.453. The van der Waals surface area contributed by atoms with Gasteiger partial charge in [0.05, 0.1) is 5.52 Å². The molecule has 2 aromatic carbocycles. The fourth-order valence-electron chi connectivity index (χ4n) is 2.80. The van der Waals surface area contributed by atoms with Gasteiger partial charge in [0.15, 0.2) is 6.61 Å². The van der Waals surface area contributed by atoms with Crippen LogP contribution in [0.3, 0.4) is 0 Å². The fourth-order valence-corrected chi connectivity index (χ4v) is 2.80. The number of fused-ring (bicyclic) bond motifs is 1. The molecule has 0 aliphatic carbocycles. The molecule has 0 amide bonds. The zero-order valence-electron chi connectivity index (χ0n) is 14.2. The van der Waals surface area contributed by atoms with Gasteiger partial charge in [0.25, 0.3) is 0 Å². The largest absolute Gasteiger partial charge is 0.484 e. The predicted octanol–water partition coefficient (Wildman–Crippen LogP) is 4.72. The molecule has 3 rings (SSSR count). The summed E-state index contributed by atoms with van der Waals surface area (Å²) < 4.78 is 68.9. The smallest absolute Gasteiger partial charge is 0.422 e. The summed E-state index contributed by atoms with van der Waals surface area (Å²) in [5.74, 6) is -0.862. The van der Waals surface area contributed by atoms with Crippen LogP contribution in [-0.4, -0.2) is 24.3 Å². The molecular weight excluding hydrogens is 367 g/mol. The lowest BCUT2D eigenvalue weighted by atomic mass is 10.1. The average molecular weight is 384 g/mol. The van der Waals surface area contributed by atoms with E-state index < -0.39 is 24.4 Å². The number of ether oxygens (including phenoxy) is 1. The topological polar surface area (TPSA) is 37.0 Å². The van der Waals surface area contributed by atoms with E-state index in [1.807, 2.05) is 0 Å². The Morgan fingerprint density at radius 3 is 2.59 bits per heavy atom. The molecule has 0 bridgehead atoms. The Bertz CT molecular complexity index is 920. The molecule has 1 aromatic heterocycles. The Morgan fingerprint density at radius 2 is 1.81 bits per heavy atom. The molecule has 8 heteroatoms. The van der Waals surface area contributed by atoms with Gasteiger partial charge < -0.3 is 15.0 Å². The van der Waals surface area contributed by atoms with Crippen LogP contribution in [0.25, 0.3) is 10.9 Å². The molecule has 0 atom stereocenters. The third-order valence-corrected chi connectivity index (χ3v) is 4.02. The third-order valence-electron chi connectivity index (χ3n) is 4.02. The minimum Gasteiger partial charge on any atom is -0.484 e. The molecule has 0 unspecified atom stereocenters. The minimum absolute atomic E-state index is 0.138. The maximum Gasteiger partial charge on any atom is 0.422 e. The van der Waals surface area contributed by atoms with Crippen molar-refractivity contribution in [2.75, 3.05) is 13.2 Å². The standard InChI is InChI=1S/C19H17F5N2O/c20-15-4-5-16(21)18-17(15)13(10-26-18)6-7-25-9-12-2-1-3-14(8-12)27-11-19(22,23)24/h1-5,8,10,25-26H,6-7,9,11H2. The number of aromatic nitrogens is 1. The molecule has 27 heavy (non-hydrogen) atoms. The van der Waals surface area contributed by atoms with Crippen LogP contribution in [0.1, 0.15) is 11.1 Å². The van der Waals surface area contributed by atoms with Crippen LogP contribution in [0.2, 0.25) is 0 Å². The number of alkyl halides is 3. The summed E-state index contributed by atoms with van der Waals surface area (Å²) in [6, 6.07) is 8.52. The maximum atomic E-state index is 13.9. The second kappa shape index (κ2) is 7.96. The van der Waals surface area contributed by atoms with E-state index in [0.717, 1.165) is 17.7 Å². The van der Waals surface area contributed by atoms with Gasteiger partial charge in [-0.1, -0.05) is 12.1 Å². The molecule has 0 spiro atoms. The lowest BCUT2D eigenvalue weighted by Crippen LogP contribution is -2.19. The second-order valence-corrected chi connectivity index (χ2v) is 6.07. The first-order valence-electron chi connectivity index (χ1n) is 8.26. The molecule has 2 N–H and O–H groups in total. The van der Waals surface area contributed by atoms with Crippen LogP contribution in [0.15, 0.2) is 42.6 Å². The van der Waals surface area contributed by atoms with Gasteiger partial charge in [-0.05, 0) is 48.4 Å². The molecule has 0 saturated carbocycles. The number of hydrogen-bond acceptors (Lipinski definition) is 2. The molecule has 1 heterocycles. The number of hydrogen-bond donors (Lipinski definition) is 2. The van der Waals surface area contributed by atoms with Crippen molar-refractivity contribution in [3.8, 4) is 5.75 Å². The zero-order chi connectivity index (χ0) is 19.4. The number of rotatable bonds is 7. The number of benzene rings is 2. The van der Waals surface area contributed by atoms with Crippen molar-refractivity contribution in [3.05, 3.63) is 65.4 Å². The Labute approximate surface area is 152 Å². The van der Waals surface area contributed by atoms with Crippen LogP contribution in [0.5, 0.6) is 5.75 Å². The fraction of sp³-hybridized carbons (Fsp3) is 0.263. The Hall–Kier alpha value is -2.61. The highest BCUT2D eigenvalue weighted by atomic mass is 19.4. The van der Waals surface area contributed by atoms with E-state index in [2.05, 4.69) is 10.3 Å². The first-order chi connectivity index (χ1) is 12.8. The van der Waals surface area contributed by atoms with Crippen LogP contribution in [0, 0.1) is 11.6 Å². The highest BCUT2D eigenvalue weighted by molar-refractivity contribution is 5.84. The van der Waals surface area contributed by atoms with Crippen molar-refractivity contribution in [2.24, 2.45) is 0 Å². The highest BCUT2D eigenvalue weighted by Crippen LogP contribution is 2.24. The summed E-state index contributed by atoms with van der Waals surface area (Å²) in [5, 5.41) is 3.37. The number of aromatic amines is 1. The van der Waals surface area contributed by atoms with Crippen LogP contribution in [-0.2, 0) is 13.0 Å². The molecule has 3 aromatic rings. The molecule has 0 aliphatic rings. The number of halogens is 5. The lowest BCUT2D eigenvalue weighted by molar-refractivity contribution is -0.153. The number of H-pyrrole nitrogens is 1. The van der Waals surface area contributed by atoms with E-state index in [0.29, 0.717) is 25.1 Å². The monoisotopic (exact) mass is 384 g/mol. The van der Waals surface area contributed by atoms with E-state index in [4.69, 9.17) is 4.74 Å². The van der Waals surface area contributed by atoms with Crippen LogP contribution >= 0.6 is 0 Å². The quantitative estimate of drug-likeness (QED) is 0.457. The summed E-state index contributed by atoms with van der Waals surface area (Å²) in [6.07, 6.45) is -2.35. The van der Waals surface area contributed by atoms with Gasteiger partial charge in [-0.25, -0.2) is 8.78 Å². The molecular formula is C19H17F5N2O. The second-order valence-electron chi connectivity index (χ2n) is 6.07. The minimum atomic E-state index is -4.39. The van der Waals surface area contributed by atoms with E-state index in [1.165, 1.54) is 12.1 Å². The third kappa shape index (κ3) is 4.97. The van der Waals surface area contributed by atoms with Gasteiger partial charge in [0, 0.05) is 18.1 Å². The predicted molar refractivity (Wildman–Crippen MR) is 91.6 cm³/mol. The van der Waals surface area contributed by atoms with Crippen molar-refractivity contribution < 1.29 is 26.7 Å². The van der Waals surface area contributed by atoms with Crippen LogP contribution < -0.4 is 10.1 Å². The van der Waals surface area contributed by atoms with Gasteiger partial charge in [0.1, 0.15) is 17.4 Å². The zero-order valence-corrected chi connectivity index (χ0v) is 14.2. The summed E-state index contributed by atoms with van der Waals surface area (Å²) in [7, 11) is 0. The molecule has 0 saturated heterocycles. The summed E-state index contributed by atoms with van der Waals surface area (Å²) >= 11 is 0. The van der Waals surface area contributed by atoms with E-state index in [9.17, 15) is 22.0 Å². The highest BCUT2D eigenvalue weighted by Gasteiger charge is 2.28. The van der Waals surface area contributed by atoms with E-state index in [-0.39, 0.29) is 16.7 Å². The molecule has 144 valence electrons. The lowest BCUT2D eigenvalue weighted by Gasteiger charge is -2.10. The SMILES string of the molecule is Fc1ccc(F)c2c(CCNCc3cccc(OCC(F)(F)F)c3)c[nH]c12. The van der Waals surface area contributed by atoms with Gasteiger partial charge in [-0.3, -0.25) is 0 Å². The van der Waals surface area contributed by atoms with E-state index in [1.54, 1.807) is 18.3 Å². The van der Waals surface area contributed by atoms with Gasteiger partial charge >= 0.3 is 6.18 Å². The molecule has 0 aliphatic heterocycles. The van der Waals surface area contributed by atoms with Crippen molar-refractivity contribution in [1.82, 2.24) is 10.3 Å². The van der Waals surface area contributed by atoms with Crippen molar-refractivity contribution in [2.45, 2.75) is 19.1 Å². The molecule has 3 nitrogen and oxygen atoms in total. The first-order valence-corrected chi connectivity index (χ1v) is 8.26. The van der Waals surface area contributed by atoms with Gasteiger partial charge in [-0.15, -0.1) is 0 Å². The number of nitrogens with one attached hydrogen (secondary N) is 2. The van der Waals surface area contributed by atoms with Crippen molar-refractivity contribution >= 4 is 10.9 Å². The first kappa shape index (κ1) is 19.2. The molecule has 0 fully saturated rings. The average Bonchev–Trinajstić information content (AvgIpc) is 3.05. The van der Waals surface area contributed by atoms with Gasteiger partial charge in [0.2, 0.25) is 0 Å². The molecule has 0 radical (unpaired) electrons. The van der Waals surface area contributed by atoms with Crippen molar-refractivity contribution in [3.63, 3.8) is 0 Å². The Morgan fingerprint density at radius 1 is 1.04 bits per heavy atom. The maximum absolute atomic E-state index is 13.9. The Kier molecular flexibility index (Phi) is 5.65. The van der Waals surface area contributed by atoms with Gasteiger partial charge in [-0.2, -0.15) is 13.2 Å².